The Balaban J connectivity index is 1.59. The maximum absolute atomic E-state index is 12.8. The van der Waals surface area contributed by atoms with Crippen LogP contribution in [0.25, 0.3) is 11.0 Å². The van der Waals surface area contributed by atoms with E-state index in [9.17, 15) is 9.59 Å². The number of para-hydroxylation sites is 2. The number of rotatable bonds is 5. The number of amides is 1. The largest absolute Gasteiger partial charge is 0.348 e. The van der Waals surface area contributed by atoms with Crippen LogP contribution >= 0.6 is 0 Å². The third-order valence-electron chi connectivity index (χ3n) is 5.14. The Hall–Kier alpha value is -2.82. The van der Waals surface area contributed by atoms with E-state index >= 15 is 0 Å². The van der Waals surface area contributed by atoms with Crippen LogP contribution < -0.4 is 11.0 Å². The van der Waals surface area contributed by atoms with Crippen LogP contribution in [0, 0.1) is 0 Å². The van der Waals surface area contributed by atoms with Gasteiger partial charge in [-0.25, -0.2) is 4.79 Å². The Morgan fingerprint density at radius 2 is 1.77 bits per heavy atom. The molecule has 1 amide bonds. The zero-order chi connectivity index (χ0) is 18.1. The average molecular weight is 349 g/mol. The molecule has 3 aromatic rings. The van der Waals surface area contributed by atoms with Crippen molar-refractivity contribution in [1.29, 1.82) is 0 Å². The molecule has 1 aliphatic rings. The van der Waals surface area contributed by atoms with Gasteiger partial charge in [0.15, 0.2) is 0 Å². The summed E-state index contributed by atoms with van der Waals surface area (Å²) in [6, 6.07) is 15.9. The lowest BCUT2D eigenvalue weighted by molar-refractivity contribution is -0.122. The molecule has 1 heterocycles. The first-order chi connectivity index (χ1) is 12.7. The zero-order valence-electron chi connectivity index (χ0n) is 14.9. The molecular weight excluding hydrogens is 326 g/mol. The Morgan fingerprint density at radius 1 is 1.08 bits per heavy atom. The fraction of sp³-hybridized carbons (Fsp3) is 0.333. The van der Waals surface area contributed by atoms with Gasteiger partial charge in [0.05, 0.1) is 17.1 Å². The van der Waals surface area contributed by atoms with Gasteiger partial charge in [-0.15, -0.1) is 0 Å². The molecule has 1 aliphatic carbocycles. The van der Waals surface area contributed by atoms with E-state index in [2.05, 4.69) is 17.4 Å². The van der Waals surface area contributed by atoms with Crippen molar-refractivity contribution in [3.8, 4) is 0 Å². The highest BCUT2D eigenvalue weighted by atomic mass is 16.2. The number of nitrogens with zero attached hydrogens (tertiary/aromatic N) is 2. The Bertz CT molecular complexity index is 1020. The first-order valence-electron chi connectivity index (χ1n) is 9.24. The van der Waals surface area contributed by atoms with Crippen molar-refractivity contribution in [3.63, 3.8) is 0 Å². The Morgan fingerprint density at radius 3 is 2.54 bits per heavy atom. The lowest BCUT2D eigenvalue weighted by Gasteiger charge is -2.14. The molecule has 0 saturated heterocycles. The van der Waals surface area contributed by atoms with Crippen molar-refractivity contribution < 1.29 is 4.79 Å². The van der Waals surface area contributed by atoms with Crippen LogP contribution in [0.15, 0.2) is 53.3 Å². The number of aromatic nitrogens is 2. The second-order valence-electron chi connectivity index (χ2n) is 6.87. The average Bonchev–Trinajstić information content (AvgIpc) is 3.17. The summed E-state index contributed by atoms with van der Waals surface area (Å²) in [5.41, 5.74) is 4.08. The highest BCUT2D eigenvalue weighted by molar-refractivity contribution is 5.81. The zero-order valence-corrected chi connectivity index (χ0v) is 14.9. The van der Waals surface area contributed by atoms with Crippen molar-refractivity contribution in [3.05, 3.63) is 70.1 Å². The summed E-state index contributed by atoms with van der Waals surface area (Å²) in [6.45, 7) is 2.75. The molecule has 1 aromatic heterocycles. The van der Waals surface area contributed by atoms with E-state index in [1.54, 1.807) is 9.13 Å². The van der Waals surface area contributed by atoms with E-state index in [-0.39, 0.29) is 24.2 Å². The number of benzene rings is 2. The molecule has 1 atom stereocenters. The van der Waals surface area contributed by atoms with Crippen molar-refractivity contribution >= 4 is 16.9 Å². The summed E-state index contributed by atoms with van der Waals surface area (Å²) in [6.07, 6.45) is 2.77. The van der Waals surface area contributed by atoms with Gasteiger partial charge in [-0.05, 0) is 42.5 Å². The van der Waals surface area contributed by atoms with E-state index in [1.165, 1.54) is 11.1 Å². The topological polar surface area (TPSA) is 56.0 Å². The molecule has 0 saturated carbocycles. The molecule has 2 aromatic carbocycles. The smallest absolute Gasteiger partial charge is 0.329 e. The van der Waals surface area contributed by atoms with Crippen LogP contribution in [-0.4, -0.2) is 15.0 Å². The molecule has 5 nitrogen and oxygen atoms in total. The molecule has 0 bridgehead atoms. The standard InChI is InChI=1S/C21H23N3O2/c1-2-13-23-18-9-5-6-10-19(18)24(21(23)26)14-20(25)22-17-12-11-15-7-3-4-8-16(15)17/h3-10,17H,2,11-14H2,1H3,(H,22,25)/t17-/m1/s1. The van der Waals surface area contributed by atoms with Crippen LogP contribution in [-0.2, 0) is 24.3 Å². The maximum atomic E-state index is 12.8. The fourth-order valence-corrected chi connectivity index (χ4v) is 3.96. The SMILES string of the molecule is CCCn1c(=O)n(CC(=O)N[C@@H]2CCc3ccccc32)c2ccccc21. The van der Waals surface area contributed by atoms with Crippen LogP contribution in [0.1, 0.15) is 36.9 Å². The van der Waals surface area contributed by atoms with Crippen LogP contribution in [0.4, 0.5) is 0 Å². The number of nitrogens with one attached hydrogen (secondary N) is 1. The van der Waals surface area contributed by atoms with Gasteiger partial charge >= 0.3 is 5.69 Å². The first kappa shape index (κ1) is 16.6. The van der Waals surface area contributed by atoms with Crippen LogP contribution in [0.3, 0.4) is 0 Å². The van der Waals surface area contributed by atoms with E-state index < -0.39 is 0 Å². The first-order valence-corrected chi connectivity index (χ1v) is 9.24. The second kappa shape index (κ2) is 6.83. The number of aryl methyl sites for hydroxylation is 2. The molecule has 134 valence electrons. The van der Waals surface area contributed by atoms with Crippen molar-refractivity contribution in [2.75, 3.05) is 0 Å². The molecule has 1 N–H and O–H groups in total. The summed E-state index contributed by atoms with van der Waals surface area (Å²) in [5, 5.41) is 3.11. The molecule has 0 spiro atoms. The van der Waals surface area contributed by atoms with Gasteiger partial charge in [0.1, 0.15) is 6.54 Å². The second-order valence-corrected chi connectivity index (χ2v) is 6.87. The van der Waals surface area contributed by atoms with Crippen molar-refractivity contribution in [1.82, 2.24) is 14.5 Å². The predicted octanol–water partition coefficient (Wildman–Crippen LogP) is 3.02. The quantitative estimate of drug-likeness (QED) is 0.770. The van der Waals surface area contributed by atoms with Gasteiger partial charge in [0.25, 0.3) is 0 Å². The molecule has 26 heavy (non-hydrogen) atoms. The van der Waals surface area contributed by atoms with Crippen LogP contribution in [0.5, 0.6) is 0 Å². The number of fused-ring (bicyclic) bond motifs is 2. The monoisotopic (exact) mass is 349 g/mol. The minimum Gasteiger partial charge on any atom is -0.348 e. The third kappa shape index (κ3) is 2.83. The fourth-order valence-electron chi connectivity index (χ4n) is 3.96. The summed E-state index contributed by atoms with van der Waals surface area (Å²) in [7, 11) is 0. The molecule has 0 aliphatic heterocycles. The van der Waals surface area contributed by atoms with E-state index in [0.717, 1.165) is 30.3 Å². The number of carbonyl (C=O) groups excluding carboxylic acids is 1. The van der Waals surface area contributed by atoms with E-state index in [1.807, 2.05) is 43.3 Å². The summed E-state index contributed by atoms with van der Waals surface area (Å²) in [4.78, 5) is 25.5. The van der Waals surface area contributed by atoms with Crippen molar-refractivity contribution in [2.45, 2.75) is 45.3 Å². The van der Waals surface area contributed by atoms with Gasteiger partial charge in [-0.1, -0.05) is 43.3 Å². The number of carbonyl (C=O) groups is 1. The maximum Gasteiger partial charge on any atom is 0.329 e. The third-order valence-corrected chi connectivity index (χ3v) is 5.14. The highest BCUT2D eigenvalue weighted by Gasteiger charge is 2.24. The predicted molar refractivity (Wildman–Crippen MR) is 102 cm³/mol. The Labute approximate surface area is 152 Å². The van der Waals surface area contributed by atoms with Crippen molar-refractivity contribution in [2.24, 2.45) is 0 Å². The summed E-state index contributed by atoms with van der Waals surface area (Å²) < 4.78 is 3.34. The summed E-state index contributed by atoms with van der Waals surface area (Å²) in [5.74, 6) is -0.117. The number of hydrogen-bond acceptors (Lipinski definition) is 2. The van der Waals surface area contributed by atoms with Gasteiger partial charge in [-0.2, -0.15) is 0 Å². The number of hydrogen-bond donors (Lipinski definition) is 1. The van der Waals surface area contributed by atoms with Gasteiger partial charge < -0.3 is 5.32 Å². The van der Waals surface area contributed by atoms with Gasteiger partial charge in [0.2, 0.25) is 5.91 Å². The molecule has 5 heteroatoms. The van der Waals surface area contributed by atoms with Crippen LogP contribution in [0.2, 0.25) is 0 Å². The molecule has 4 rings (SSSR count). The van der Waals surface area contributed by atoms with Gasteiger partial charge in [-0.3, -0.25) is 13.9 Å². The molecule has 0 fully saturated rings. The van der Waals surface area contributed by atoms with E-state index in [4.69, 9.17) is 0 Å². The van der Waals surface area contributed by atoms with Gasteiger partial charge in [0, 0.05) is 6.54 Å². The lowest BCUT2D eigenvalue weighted by Crippen LogP contribution is -2.34. The lowest BCUT2D eigenvalue weighted by atomic mass is 10.1. The highest BCUT2D eigenvalue weighted by Crippen LogP contribution is 2.30. The Kier molecular flexibility index (Phi) is 4.37. The normalized spacial score (nSPS) is 16.0. The molecule has 0 radical (unpaired) electrons. The minimum absolute atomic E-state index is 0.0402. The summed E-state index contributed by atoms with van der Waals surface area (Å²) >= 11 is 0. The molecule has 0 unspecified atom stereocenters. The number of imidazole rings is 1. The molecular formula is C21H23N3O2. The van der Waals surface area contributed by atoms with E-state index in [0.29, 0.717) is 6.54 Å². The minimum atomic E-state index is -0.117.